The van der Waals surface area contributed by atoms with Crippen molar-refractivity contribution in [3.05, 3.63) is 0 Å². The highest BCUT2D eigenvalue weighted by Crippen LogP contribution is 2.39. The molecule has 0 amide bonds. The summed E-state index contributed by atoms with van der Waals surface area (Å²) in [4.78, 5) is 11.5. The number of hydrogen-bond acceptors (Lipinski definition) is 2. The SMILES string of the molecule is O=C1CCCC[C@H]2CCC(O)[C@@H]12. The van der Waals surface area contributed by atoms with Crippen LogP contribution in [-0.2, 0) is 4.79 Å². The number of aliphatic hydroxyl groups excluding tert-OH is 1. The molecule has 0 aromatic heterocycles. The molecule has 2 rings (SSSR count). The Bertz CT molecular complexity index is 188. The molecule has 0 bridgehead atoms. The molecule has 68 valence electrons. The average molecular weight is 168 g/mol. The molecule has 0 radical (unpaired) electrons. The van der Waals surface area contributed by atoms with Crippen LogP contribution in [0.3, 0.4) is 0 Å². The normalized spacial score (nSPS) is 42.4. The molecule has 0 saturated heterocycles. The van der Waals surface area contributed by atoms with Gasteiger partial charge in [0.1, 0.15) is 5.78 Å². The van der Waals surface area contributed by atoms with Gasteiger partial charge in [0.2, 0.25) is 0 Å². The van der Waals surface area contributed by atoms with E-state index in [0.717, 1.165) is 25.7 Å². The van der Waals surface area contributed by atoms with Crippen molar-refractivity contribution in [1.29, 1.82) is 0 Å². The highest BCUT2D eigenvalue weighted by atomic mass is 16.3. The van der Waals surface area contributed by atoms with E-state index in [1.807, 2.05) is 0 Å². The first-order valence-electron chi connectivity index (χ1n) is 5.00. The maximum atomic E-state index is 11.5. The van der Waals surface area contributed by atoms with Crippen molar-refractivity contribution < 1.29 is 9.90 Å². The number of aliphatic hydroxyl groups is 1. The minimum atomic E-state index is -0.319. The Kier molecular flexibility index (Phi) is 2.18. The summed E-state index contributed by atoms with van der Waals surface area (Å²) < 4.78 is 0. The van der Waals surface area contributed by atoms with E-state index in [9.17, 15) is 9.90 Å². The van der Waals surface area contributed by atoms with Crippen molar-refractivity contribution >= 4 is 5.78 Å². The van der Waals surface area contributed by atoms with Gasteiger partial charge in [-0.1, -0.05) is 6.42 Å². The highest BCUT2D eigenvalue weighted by molar-refractivity contribution is 5.82. The van der Waals surface area contributed by atoms with Gasteiger partial charge in [0.25, 0.3) is 0 Å². The first kappa shape index (κ1) is 8.24. The van der Waals surface area contributed by atoms with Gasteiger partial charge in [-0.25, -0.2) is 0 Å². The van der Waals surface area contributed by atoms with E-state index in [-0.39, 0.29) is 12.0 Å². The maximum Gasteiger partial charge on any atom is 0.138 e. The second kappa shape index (κ2) is 3.17. The third-order valence-corrected chi connectivity index (χ3v) is 3.38. The minimum Gasteiger partial charge on any atom is -0.392 e. The summed E-state index contributed by atoms with van der Waals surface area (Å²) in [5.41, 5.74) is 0. The molecule has 12 heavy (non-hydrogen) atoms. The first-order valence-corrected chi connectivity index (χ1v) is 5.00. The Labute approximate surface area is 73.0 Å². The van der Waals surface area contributed by atoms with Gasteiger partial charge >= 0.3 is 0 Å². The number of Topliss-reactive ketones (excluding diaryl/α,β-unsaturated/α-hetero) is 1. The first-order chi connectivity index (χ1) is 5.79. The van der Waals surface area contributed by atoms with Crippen LogP contribution in [0, 0.1) is 11.8 Å². The summed E-state index contributed by atoms with van der Waals surface area (Å²) in [6.45, 7) is 0. The summed E-state index contributed by atoms with van der Waals surface area (Å²) in [7, 11) is 0. The molecule has 2 fully saturated rings. The highest BCUT2D eigenvalue weighted by Gasteiger charge is 2.40. The lowest BCUT2D eigenvalue weighted by atomic mass is 9.89. The lowest BCUT2D eigenvalue weighted by molar-refractivity contribution is -0.126. The minimum absolute atomic E-state index is 0.00694. The number of rotatable bonds is 0. The van der Waals surface area contributed by atoms with E-state index < -0.39 is 0 Å². The van der Waals surface area contributed by atoms with Crippen LogP contribution >= 0.6 is 0 Å². The van der Waals surface area contributed by atoms with E-state index in [0.29, 0.717) is 18.1 Å². The van der Waals surface area contributed by atoms with Crippen LogP contribution in [0.2, 0.25) is 0 Å². The largest absolute Gasteiger partial charge is 0.392 e. The molecule has 0 aromatic rings. The smallest absolute Gasteiger partial charge is 0.138 e. The zero-order valence-corrected chi connectivity index (χ0v) is 7.33. The Morgan fingerprint density at radius 2 is 2.00 bits per heavy atom. The lowest BCUT2D eigenvalue weighted by Crippen LogP contribution is -2.26. The van der Waals surface area contributed by atoms with E-state index in [4.69, 9.17) is 0 Å². The quantitative estimate of drug-likeness (QED) is 0.595. The molecule has 0 spiro atoms. The average Bonchev–Trinajstić information content (AvgIpc) is 2.29. The molecule has 2 nitrogen and oxygen atoms in total. The molecule has 0 aliphatic heterocycles. The zero-order chi connectivity index (χ0) is 8.55. The van der Waals surface area contributed by atoms with Gasteiger partial charge in [0.15, 0.2) is 0 Å². The summed E-state index contributed by atoms with van der Waals surface area (Å²) in [6, 6.07) is 0. The van der Waals surface area contributed by atoms with Crippen LogP contribution in [0.15, 0.2) is 0 Å². The third-order valence-electron chi connectivity index (χ3n) is 3.38. The van der Waals surface area contributed by atoms with Gasteiger partial charge < -0.3 is 5.11 Å². The number of carbonyl (C=O) groups excluding carboxylic acids is 1. The van der Waals surface area contributed by atoms with Crippen LogP contribution in [0.4, 0.5) is 0 Å². The standard InChI is InChI=1S/C10H16O2/c11-8-4-2-1-3-7-5-6-9(12)10(7)8/h7,9-10,12H,1-6H2/t7-,9?,10+/m0/s1. The van der Waals surface area contributed by atoms with E-state index in [2.05, 4.69) is 0 Å². The molecule has 3 atom stereocenters. The third kappa shape index (κ3) is 1.28. The zero-order valence-electron chi connectivity index (χ0n) is 7.33. The van der Waals surface area contributed by atoms with Gasteiger partial charge in [-0.15, -0.1) is 0 Å². The fraction of sp³-hybridized carbons (Fsp3) is 0.900. The Morgan fingerprint density at radius 3 is 2.83 bits per heavy atom. The molecular formula is C10H16O2. The van der Waals surface area contributed by atoms with Crippen molar-refractivity contribution in [2.75, 3.05) is 0 Å². The maximum absolute atomic E-state index is 11.5. The van der Waals surface area contributed by atoms with Gasteiger partial charge in [-0.3, -0.25) is 4.79 Å². The molecular weight excluding hydrogens is 152 g/mol. The Morgan fingerprint density at radius 1 is 1.17 bits per heavy atom. The summed E-state index contributed by atoms with van der Waals surface area (Å²) >= 11 is 0. The van der Waals surface area contributed by atoms with Crippen LogP contribution < -0.4 is 0 Å². The fourth-order valence-electron chi connectivity index (χ4n) is 2.73. The monoisotopic (exact) mass is 168 g/mol. The van der Waals surface area contributed by atoms with E-state index >= 15 is 0 Å². The number of carbonyl (C=O) groups is 1. The van der Waals surface area contributed by atoms with E-state index in [1.165, 1.54) is 6.42 Å². The topological polar surface area (TPSA) is 37.3 Å². The van der Waals surface area contributed by atoms with Crippen molar-refractivity contribution in [3.8, 4) is 0 Å². The Balaban J connectivity index is 2.14. The molecule has 2 heteroatoms. The molecule has 1 unspecified atom stereocenters. The summed E-state index contributed by atoms with van der Waals surface area (Å²) in [5, 5.41) is 9.60. The van der Waals surface area contributed by atoms with Crippen molar-refractivity contribution in [3.63, 3.8) is 0 Å². The van der Waals surface area contributed by atoms with E-state index in [1.54, 1.807) is 0 Å². The van der Waals surface area contributed by atoms with Gasteiger partial charge in [0.05, 0.1) is 6.10 Å². The van der Waals surface area contributed by atoms with Crippen LogP contribution in [0.5, 0.6) is 0 Å². The predicted molar refractivity (Wildman–Crippen MR) is 45.7 cm³/mol. The molecule has 2 saturated carbocycles. The molecule has 0 heterocycles. The number of fused-ring (bicyclic) bond motifs is 1. The van der Waals surface area contributed by atoms with Crippen LogP contribution in [0.1, 0.15) is 38.5 Å². The lowest BCUT2D eigenvalue weighted by Gasteiger charge is -2.16. The second-order valence-electron chi connectivity index (χ2n) is 4.14. The number of ketones is 1. The van der Waals surface area contributed by atoms with Crippen LogP contribution in [-0.4, -0.2) is 17.0 Å². The Hall–Kier alpha value is -0.370. The predicted octanol–water partition coefficient (Wildman–Crippen LogP) is 1.52. The van der Waals surface area contributed by atoms with Gasteiger partial charge in [-0.05, 0) is 31.6 Å². The fourth-order valence-corrected chi connectivity index (χ4v) is 2.73. The molecule has 1 N–H and O–H groups in total. The van der Waals surface area contributed by atoms with Gasteiger partial charge in [0, 0.05) is 12.3 Å². The second-order valence-corrected chi connectivity index (χ2v) is 4.14. The summed E-state index contributed by atoms with van der Waals surface area (Å²) in [6.07, 6.45) is 5.68. The van der Waals surface area contributed by atoms with Crippen molar-refractivity contribution in [2.24, 2.45) is 11.8 Å². The van der Waals surface area contributed by atoms with Crippen molar-refractivity contribution in [1.82, 2.24) is 0 Å². The molecule has 0 aromatic carbocycles. The number of hydrogen-bond donors (Lipinski definition) is 1. The molecule has 2 aliphatic carbocycles. The summed E-state index contributed by atoms with van der Waals surface area (Å²) in [5.74, 6) is 0.838. The molecule has 2 aliphatic rings. The van der Waals surface area contributed by atoms with Crippen LogP contribution in [0.25, 0.3) is 0 Å². The van der Waals surface area contributed by atoms with Gasteiger partial charge in [-0.2, -0.15) is 0 Å². The van der Waals surface area contributed by atoms with Crippen molar-refractivity contribution in [2.45, 2.75) is 44.6 Å².